The monoisotopic (exact) mass is 345 g/mol. The number of aliphatic hydroxyl groups excluding tert-OH is 1. The van der Waals surface area contributed by atoms with E-state index >= 15 is 0 Å². The average Bonchev–Trinajstić information content (AvgIpc) is 2.92. The highest BCUT2D eigenvalue weighted by Crippen LogP contribution is 2.40. The predicted octanol–water partition coefficient (Wildman–Crippen LogP) is -0.732. The summed E-state index contributed by atoms with van der Waals surface area (Å²) in [6, 6.07) is 10.4. The van der Waals surface area contributed by atoms with E-state index in [4.69, 9.17) is 15.1 Å². The van der Waals surface area contributed by atoms with Crippen LogP contribution >= 0.6 is 0 Å². The third-order valence-corrected chi connectivity index (χ3v) is 4.25. The lowest BCUT2D eigenvalue weighted by atomic mass is 9.78. The highest BCUT2D eigenvalue weighted by Gasteiger charge is 2.49. The number of ether oxygens (including phenoxy) is 1. The van der Waals surface area contributed by atoms with Gasteiger partial charge in [-0.3, -0.25) is 4.57 Å². The van der Waals surface area contributed by atoms with Gasteiger partial charge < -0.3 is 25.3 Å². The van der Waals surface area contributed by atoms with Gasteiger partial charge in [0.2, 0.25) is 0 Å². The van der Waals surface area contributed by atoms with Crippen LogP contribution in [0, 0.1) is 0 Å². The first kappa shape index (κ1) is 17.6. The van der Waals surface area contributed by atoms with Crippen LogP contribution in [0.4, 0.5) is 5.82 Å². The van der Waals surface area contributed by atoms with Crippen LogP contribution in [0.2, 0.25) is 0 Å². The van der Waals surface area contributed by atoms with Crippen LogP contribution < -0.4 is 16.9 Å². The number of nitrogens with two attached hydrogens (primary N) is 1. The van der Waals surface area contributed by atoms with Gasteiger partial charge in [-0.1, -0.05) is 30.3 Å². The van der Waals surface area contributed by atoms with Crippen LogP contribution in [-0.2, 0) is 9.39 Å². The normalized spacial score (nSPS) is 25.9. The quantitative estimate of drug-likeness (QED) is 0.611. The topological polar surface area (TPSA) is 120 Å². The minimum atomic E-state index is -1.20. The molecule has 9 heteroatoms. The van der Waals surface area contributed by atoms with Crippen molar-refractivity contribution in [2.75, 3.05) is 12.3 Å². The molecule has 4 N–H and O–H groups in total. The number of hydrogen-bond donors (Lipinski definition) is 3. The lowest BCUT2D eigenvalue weighted by molar-refractivity contribution is -0.0838. The summed E-state index contributed by atoms with van der Waals surface area (Å²) in [6.07, 6.45) is 0.381. The largest absolute Gasteiger partial charge is 0.491 e. The second kappa shape index (κ2) is 6.97. The molecule has 0 amide bonds. The Labute approximate surface area is 145 Å². The summed E-state index contributed by atoms with van der Waals surface area (Å²) in [6.45, 7) is 1.50. The van der Waals surface area contributed by atoms with Crippen molar-refractivity contribution in [2.24, 2.45) is 0 Å². The van der Waals surface area contributed by atoms with Crippen LogP contribution in [0.15, 0.2) is 47.4 Å². The molecular weight excluding hydrogens is 325 g/mol. The Morgan fingerprint density at radius 2 is 2.16 bits per heavy atom. The molecular formula is C16H20BN3O5. The second-order valence-corrected chi connectivity index (χ2v) is 6.23. The summed E-state index contributed by atoms with van der Waals surface area (Å²) in [5.74, 6) is 0.102. The number of aliphatic hydroxyl groups is 1. The number of aromatic nitrogens is 2. The van der Waals surface area contributed by atoms with E-state index in [1.807, 2.05) is 6.07 Å². The smallest absolute Gasteiger partial charge is 0.423 e. The molecule has 0 aliphatic carbocycles. The number of rotatable bonds is 5. The van der Waals surface area contributed by atoms with E-state index in [-0.39, 0.29) is 12.4 Å². The lowest BCUT2D eigenvalue weighted by Crippen LogP contribution is -2.47. The Morgan fingerprint density at radius 1 is 1.44 bits per heavy atom. The minimum absolute atomic E-state index is 0.102. The Balaban J connectivity index is 1.91. The van der Waals surface area contributed by atoms with Crippen molar-refractivity contribution < 1.29 is 19.5 Å². The van der Waals surface area contributed by atoms with Gasteiger partial charge in [-0.05, 0) is 18.5 Å². The standard InChI is InChI=1S/C16H20BN3O5/c1-16(25-17(23)11-5-3-2-4-6-11)9-12(10-21)24-14(16)20-8-7-13(18)19-15(20)22/h2-8,12,14,21,23H,9-10H2,1H3,(H2,18,19,22). The van der Waals surface area contributed by atoms with E-state index < -0.39 is 30.7 Å². The second-order valence-electron chi connectivity index (χ2n) is 6.23. The molecule has 1 fully saturated rings. The van der Waals surface area contributed by atoms with Crippen molar-refractivity contribution in [3.05, 3.63) is 53.1 Å². The molecule has 2 heterocycles. The molecule has 1 aromatic heterocycles. The molecule has 1 aliphatic heterocycles. The maximum Gasteiger partial charge on any atom is 0.491 e. The van der Waals surface area contributed by atoms with Crippen molar-refractivity contribution in [1.82, 2.24) is 9.55 Å². The number of nitrogen functional groups attached to an aromatic ring is 1. The first-order valence-electron chi connectivity index (χ1n) is 7.95. The molecule has 3 unspecified atom stereocenters. The van der Waals surface area contributed by atoms with Gasteiger partial charge in [0, 0.05) is 12.6 Å². The zero-order valence-corrected chi connectivity index (χ0v) is 13.8. The zero-order chi connectivity index (χ0) is 18.0. The average molecular weight is 345 g/mol. The van der Waals surface area contributed by atoms with E-state index in [0.29, 0.717) is 11.9 Å². The van der Waals surface area contributed by atoms with Crippen LogP contribution in [0.25, 0.3) is 0 Å². The highest BCUT2D eigenvalue weighted by molar-refractivity contribution is 6.60. The van der Waals surface area contributed by atoms with Gasteiger partial charge in [0.25, 0.3) is 0 Å². The fourth-order valence-corrected chi connectivity index (χ4v) is 3.05. The molecule has 1 aromatic carbocycles. The first-order chi connectivity index (χ1) is 11.9. The third-order valence-electron chi connectivity index (χ3n) is 4.25. The van der Waals surface area contributed by atoms with Crippen LogP contribution in [0.5, 0.6) is 0 Å². The predicted molar refractivity (Wildman–Crippen MR) is 92.1 cm³/mol. The van der Waals surface area contributed by atoms with Gasteiger partial charge in [-0.2, -0.15) is 4.98 Å². The number of anilines is 1. The van der Waals surface area contributed by atoms with Crippen molar-refractivity contribution in [1.29, 1.82) is 0 Å². The number of nitrogens with zero attached hydrogens (tertiary/aromatic N) is 2. The van der Waals surface area contributed by atoms with Crippen molar-refractivity contribution in [3.8, 4) is 0 Å². The Kier molecular flexibility index (Phi) is 4.91. The van der Waals surface area contributed by atoms with E-state index in [0.717, 1.165) is 0 Å². The maximum absolute atomic E-state index is 12.2. The molecule has 2 aromatic rings. The minimum Gasteiger partial charge on any atom is -0.423 e. The summed E-state index contributed by atoms with van der Waals surface area (Å²) in [7, 11) is -1.20. The third kappa shape index (κ3) is 3.59. The van der Waals surface area contributed by atoms with Gasteiger partial charge in [0.15, 0.2) is 6.23 Å². The molecule has 0 radical (unpaired) electrons. The first-order valence-corrected chi connectivity index (χ1v) is 7.95. The van der Waals surface area contributed by atoms with Gasteiger partial charge in [0.1, 0.15) is 5.82 Å². The molecule has 0 saturated carbocycles. The SMILES string of the molecule is CC1(OB(O)c2ccccc2)CC(CO)OC1n1ccc(N)nc1=O. The summed E-state index contributed by atoms with van der Waals surface area (Å²) >= 11 is 0. The van der Waals surface area contributed by atoms with Crippen LogP contribution in [-0.4, -0.2) is 45.1 Å². The number of benzene rings is 1. The van der Waals surface area contributed by atoms with Gasteiger partial charge in [-0.15, -0.1) is 0 Å². The summed E-state index contributed by atoms with van der Waals surface area (Å²) in [5.41, 5.74) is 4.47. The number of hydrogen-bond acceptors (Lipinski definition) is 7. The fourth-order valence-electron chi connectivity index (χ4n) is 3.05. The Bertz CT molecular complexity index is 787. The summed E-state index contributed by atoms with van der Waals surface area (Å²) in [4.78, 5) is 15.9. The van der Waals surface area contributed by atoms with Gasteiger partial charge >= 0.3 is 12.8 Å². The molecule has 0 bridgehead atoms. The molecule has 3 rings (SSSR count). The molecule has 0 spiro atoms. The Hall–Kier alpha value is -2.20. The van der Waals surface area contributed by atoms with E-state index in [9.17, 15) is 14.9 Å². The van der Waals surface area contributed by atoms with E-state index in [2.05, 4.69) is 4.98 Å². The fraction of sp³-hybridized carbons (Fsp3) is 0.375. The van der Waals surface area contributed by atoms with Crippen LogP contribution in [0.3, 0.4) is 0 Å². The van der Waals surface area contributed by atoms with Gasteiger partial charge in [0.05, 0.1) is 18.3 Å². The van der Waals surface area contributed by atoms with E-state index in [1.54, 1.807) is 31.2 Å². The maximum atomic E-state index is 12.2. The zero-order valence-electron chi connectivity index (χ0n) is 13.8. The van der Waals surface area contributed by atoms with Crippen molar-refractivity contribution >= 4 is 18.4 Å². The van der Waals surface area contributed by atoms with Crippen LogP contribution in [0.1, 0.15) is 19.6 Å². The summed E-state index contributed by atoms with van der Waals surface area (Å²) in [5, 5.41) is 19.9. The lowest BCUT2D eigenvalue weighted by Gasteiger charge is -2.32. The van der Waals surface area contributed by atoms with E-state index in [1.165, 1.54) is 16.8 Å². The molecule has 1 saturated heterocycles. The summed E-state index contributed by atoms with van der Waals surface area (Å²) < 4.78 is 12.9. The molecule has 25 heavy (non-hydrogen) atoms. The highest BCUT2D eigenvalue weighted by atomic mass is 16.6. The molecule has 3 atom stereocenters. The molecule has 132 valence electrons. The van der Waals surface area contributed by atoms with Crippen molar-refractivity contribution in [3.63, 3.8) is 0 Å². The van der Waals surface area contributed by atoms with Crippen molar-refractivity contribution in [2.45, 2.75) is 31.3 Å². The molecule has 1 aliphatic rings. The molecule has 8 nitrogen and oxygen atoms in total. The van der Waals surface area contributed by atoms with Gasteiger partial charge in [-0.25, -0.2) is 4.79 Å². The Morgan fingerprint density at radius 3 is 2.80 bits per heavy atom.